The summed E-state index contributed by atoms with van der Waals surface area (Å²) in [5.74, 6) is 0.544. The second-order valence-corrected chi connectivity index (χ2v) is 5.22. The minimum atomic E-state index is -0.315. The van der Waals surface area contributed by atoms with Crippen LogP contribution in [0.1, 0.15) is 12.0 Å². The Morgan fingerprint density at radius 3 is 2.55 bits per heavy atom. The predicted octanol–water partition coefficient (Wildman–Crippen LogP) is 3.75. The highest BCUT2D eigenvalue weighted by atomic mass is 32.1. The van der Waals surface area contributed by atoms with Gasteiger partial charge in [0.15, 0.2) is 5.11 Å². The molecule has 2 aromatic rings. The minimum absolute atomic E-state index is 0.315. The van der Waals surface area contributed by atoms with Gasteiger partial charge in [-0.2, -0.15) is 0 Å². The van der Waals surface area contributed by atoms with Crippen molar-refractivity contribution in [2.24, 2.45) is 0 Å². The van der Waals surface area contributed by atoms with Crippen LogP contribution in [0.2, 0.25) is 0 Å². The summed E-state index contributed by atoms with van der Waals surface area (Å²) in [6, 6.07) is 14.5. The van der Waals surface area contributed by atoms with Gasteiger partial charge < -0.3 is 15.4 Å². The maximum Gasteiger partial charge on any atom is 0.170 e. The Morgan fingerprint density at radius 1 is 1.14 bits per heavy atom. The van der Waals surface area contributed by atoms with E-state index in [0.29, 0.717) is 10.8 Å². The Labute approximate surface area is 135 Å². The smallest absolute Gasteiger partial charge is 0.170 e. The van der Waals surface area contributed by atoms with Crippen LogP contribution in [0.15, 0.2) is 48.5 Å². The number of hydrogen-bond donors (Lipinski definition) is 2. The van der Waals surface area contributed by atoms with Gasteiger partial charge >= 0.3 is 0 Å². The number of methoxy groups -OCH3 is 1. The van der Waals surface area contributed by atoms with Crippen molar-refractivity contribution >= 4 is 23.0 Å². The van der Waals surface area contributed by atoms with Gasteiger partial charge in [0.05, 0.1) is 12.8 Å². The van der Waals surface area contributed by atoms with E-state index in [9.17, 15) is 4.39 Å². The van der Waals surface area contributed by atoms with E-state index in [1.807, 2.05) is 12.1 Å². The molecule has 0 radical (unpaired) electrons. The topological polar surface area (TPSA) is 33.3 Å². The third-order valence-corrected chi connectivity index (χ3v) is 3.46. The zero-order valence-corrected chi connectivity index (χ0v) is 13.3. The van der Waals surface area contributed by atoms with Crippen LogP contribution in [0.5, 0.6) is 5.75 Å². The fourth-order valence-electron chi connectivity index (χ4n) is 2.02. The first-order valence-corrected chi connectivity index (χ1v) is 7.52. The average molecular weight is 318 g/mol. The zero-order valence-electron chi connectivity index (χ0n) is 12.4. The molecule has 0 aliphatic rings. The second kappa shape index (κ2) is 8.34. The average Bonchev–Trinajstić information content (AvgIpc) is 2.54. The van der Waals surface area contributed by atoms with Crippen LogP contribution in [-0.4, -0.2) is 18.8 Å². The van der Waals surface area contributed by atoms with Gasteiger partial charge in [-0.25, -0.2) is 4.39 Å². The van der Waals surface area contributed by atoms with Crippen molar-refractivity contribution in [3.8, 4) is 5.75 Å². The number of anilines is 1. The molecule has 116 valence electrons. The monoisotopic (exact) mass is 318 g/mol. The summed E-state index contributed by atoms with van der Waals surface area (Å²) < 4.78 is 18.6. The number of para-hydroxylation sites is 1. The Bertz CT molecular complexity index is 616. The van der Waals surface area contributed by atoms with Crippen molar-refractivity contribution in [1.82, 2.24) is 5.32 Å². The van der Waals surface area contributed by atoms with Crippen LogP contribution < -0.4 is 15.4 Å². The number of hydrogen-bond acceptors (Lipinski definition) is 2. The van der Waals surface area contributed by atoms with Crippen molar-refractivity contribution < 1.29 is 9.13 Å². The Morgan fingerprint density at radius 2 is 1.86 bits per heavy atom. The molecule has 0 aromatic heterocycles. The van der Waals surface area contributed by atoms with E-state index in [-0.39, 0.29) is 5.82 Å². The highest BCUT2D eigenvalue weighted by molar-refractivity contribution is 7.80. The normalized spacial score (nSPS) is 10.1. The molecule has 2 aromatic carbocycles. The number of rotatable bonds is 6. The molecular weight excluding hydrogens is 299 g/mol. The molecule has 0 spiro atoms. The molecule has 3 nitrogen and oxygen atoms in total. The fraction of sp³-hybridized carbons (Fsp3) is 0.235. The van der Waals surface area contributed by atoms with Crippen LogP contribution in [0.25, 0.3) is 0 Å². The van der Waals surface area contributed by atoms with Crippen molar-refractivity contribution in [2.45, 2.75) is 12.8 Å². The van der Waals surface area contributed by atoms with E-state index in [1.54, 1.807) is 25.3 Å². The highest BCUT2D eigenvalue weighted by Crippen LogP contribution is 2.13. The minimum Gasteiger partial charge on any atom is -0.497 e. The molecule has 0 fully saturated rings. The van der Waals surface area contributed by atoms with Gasteiger partial charge in [-0.05, 0) is 54.9 Å². The maximum atomic E-state index is 13.5. The summed E-state index contributed by atoms with van der Waals surface area (Å²) in [6.07, 6.45) is 1.88. The van der Waals surface area contributed by atoms with Crippen LogP contribution in [0, 0.1) is 5.82 Å². The van der Waals surface area contributed by atoms with E-state index in [1.165, 1.54) is 11.6 Å². The zero-order chi connectivity index (χ0) is 15.8. The lowest BCUT2D eigenvalue weighted by molar-refractivity contribution is 0.414. The van der Waals surface area contributed by atoms with E-state index in [2.05, 4.69) is 22.8 Å². The van der Waals surface area contributed by atoms with Crippen LogP contribution in [0.3, 0.4) is 0 Å². The first kappa shape index (κ1) is 16.2. The van der Waals surface area contributed by atoms with Crippen molar-refractivity contribution in [1.29, 1.82) is 0 Å². The van der Waals surface area contributed by atoms with Crippen LogP contribution in [0.4, 0.5) is 10.1 Å². The third-order valence-electron chi connectivity index (χ3n) is 3.21. The quantitative estimate of drug-likeness (QED) is 0.628. The van der Waals surface area contributed by atoms with Gasteiger partial charge in [0, 0.05) is 6.54 Å². The summed E-state index contributed by atoms with van der Waals surface area (Å²) in [6.45, 7) is 0.728. The summed E-state index contributed by atoms with van der Waals surface area (Å²) in [5.41, 5.74) is 1.63. The molecule has 0 atom stereocenters. The standard InChI is InChI=1S/C17H19FN2OS/c1-21-14-10-8-13(9-11-14)5-4-12-19-17(22)20-16-7-3-2-6-15(16)18/h2-3,6-11H,4-5,12H2,1H3,(H2,19,20,22). The summed E-state index contributed by atoms with van der Waals surface area (Å²) >= 11 is 5.15. The molecule has 0 saturated carbocycles. The third kappa shape index (κ3) is 5.00. The first-order chi connectivity index (χ1) is 10.7. The van der Waals surface area contributed by atoms with Crippen LogP contribution in [-0.2, 0) is 6.42 Å². The molecule has 0 saturated heterocycles. The molecule has 0 amide bonds. The number of halogens is 1. The summed E-state index contributed by atoms with van der Waals surface area (Å²) in [5, 5.41) is 6.36. The van der Waals surface area contributed by atoms with Gasteiger partial charge in [-0.3, -0.25) is 0 Å². The number of aryl methyl sites for hydroxylation is 1. The molecule has 2 rings (SSSR count). The molecule has 0 heterocycles. The highest BCUT2D eigenvalue weighted by Gasteiger charge is 2.02. The molecule has 5 heteroatoms. The maximum absolute atomic E-state index is 13.5. The predicted molar refractivity (Wildman–Crippen MR) is 91.9 cm³/mol. The number of benzene rings is 2. The molecule has 22 heavy (non-hydrogen) atoms. The lowest BCUT2D eigenvalue weighted by Gasteiger charge is -2.11. The van der Waals surface area contributed by atoms with Gasteiger partial charge in [0.1, 0.15) is 11.6 Å². The van der Waals surface area contributed by atoms with E-state index in [4.69, 9.17) is 17.0 Å². The van der Waals surface area contributed by atoms with Gasteiger partial charge in [0.2, 0.25) is 0 Å². The number of ether oxygens (including phenoxy) is 1. The van der Waals surface area contributed by atoms with Crippen LogP contribution >= 0.6 is 12.2 Å². The number of nitrogens with one attached hydrogen (secondary N) is 2. The molecule has 0 aliphatic heterocycles. The van der Waals surface area contributed by atoms with E-state index >= 15 is 0 Å². The Hall–Kier alpha value is -2.14. The summed E-state index contributed by atoms with van der Waals surface area (Å²) in [4.78, 5) is 0. The molecule has 2 N–H and O–H groups in total. The molecule has 0 unspecified atom stereocenters. The largest absolute Gasteiger partial charge is 0.497 e. The van der Waals surface area contributed by atoms with Crippen molar-refractivity contribution in [3.05, 3.63) is 59.9 Å². The molecule has 0 bridgehead atoms. The lowest BCUT2D eigenvalue weighted by Crippen LogP contribution is -2.29. The van der Waals surface area contributed by atoms with Crippen molar-refractivity contribution in [2.75, 3.05) is 19.0 Å². The molecule has 0 aliphatic carbocycles. The van der Waals surface area contributed by atoms with Gasteiger partial charge in [0.25, 0.3) is 0 Å². The Balaban J connectivity index is 1.69. The fourth-order valence-corrected chi connectivity index (χ4v) is 2.23. The van der Waals surface area contributed by atoms with E-state index < -0.39 is 0 Å². The lowest BCUT2D eigenvalue weighted by atomic mass is 10.1. The second-order valence-electron chi connectivity index (χ2n) is 4.81. The molecular formula is C17H19FN2OS. The van der Waals surface area contributed by atoms with Gasteiger partial charge in [-0.1, -0.05) is 24.3 Å². The van der Waals surface area contributed by atoms with Crippen molar-refractivity contribution in [3.63, 3.8) is 0 Å². The number of thiocarbonyl (C=S) groups is 1. The van der Waals surface area contributed by atoms with Gasteiger partial charge in [-0.15, -0.1) is 0 Å². The SMILES string of the molecule is COc1ccc(CCCNC(=S)Nc2ccccc2F)cc1. The Kier molecular flexibility index (Phi) is 6.15. The summed E-state index contributed by atoms with van der Waals surface area (Å²) in [7, 11) is 1.66. The first-order valence-electron chi connectivity index (χ1n) is 7.11. The van der Waals surface area contributed by atoms with E-state index in [0.717, 1.165) is 25.1 Å².